The van der Waals surface area contributed by atoms with Gasteiger partial charge in [-0.1, -0.05) is 12.1 Å². The van der Waals surface area contributed by atoms with Crippen molar-refractivity contribution in [3.63, 3.8) is 0 Å². The van der Waals surface area contributed by atoms with Crippen LogP contribution >= 0.6 is 0 Å². The van der Waals surface area contributed by atoms with E-state index >= 15 is 0 Å². The molecule has 0 aliphatic heterocycles. The van der Waals surface area contributed by atoms with Crippen molar-refractivity contribution < 1.29 is 22.6 Å². The van der Waals surface area contributed by atoms with Crippen molar-refractivity contribution in [3.05, 3.63) is 36.0 Å². The van der Waals surface area contributed by atoms with Crippen molar-refractivity contribution in [2.45, 2.75) is 39.5 Å². The molecule has 0 saturated heterocycles. The molecule has 0 unspecified atom stereocenters. The second kappa shape index (κ2) is 7.39. The maximum atomic E-state index is 13.5. The molecule has 2 rings (SSSR count). The van der Waals surface area contributed by atoms with E-state index in [1.807, 2.05) is 0 Å². The van der Waals surface area contributed by atoms with Gasteiger partial charge < -0.3 is 14.4 Å². The van der Waals surface area contributed by atoms with Crippen LogP contribution in [-0.4, -0.2) is 29.2 Å². The summed E-state index contributed by atoms with van der Waals surface area (Å²) in [6.45, 7) is 7.49. The van der Waals surface area contributed by atoms with E-state index in [1.54, 1.807) is 52.0 Å². The predicted octanol–water partition coefficient (Wildman–Crippen LogP) is 4.84. The highest BCUT2D eigenvalue weighted by Gasteiger charge is 2.37. The van der Waals surface area contributed by atoms with Gasteiger partial charge in [0, 0.05) is 13.2 Å². The van der Waals surface area contributed by atoms with Crippen LogP contribution in [-0.2, 0) is 6.18 Å². The number of rotatable bonds is 5. The van der Waals surface area contributed by atoms with E-state index in [-0.39, 0.29) is 11.8 Å². The minimum Gasteiger partial charge on any atom is -0.492 e. The second-order valence-corrected chi connectivity index (χ2v) is 6.56. The Hall–Kier alpha value is -2.51. The second-order valence-electron chi connectivity index (χ2n) is 6.56. The topological polar surface area (TPSA) is 47.5 Å². The zero-order valence-corrected chi connectivity index (χ0v) is 15.4. The number of ether oxygens (including phenoxy) is 2. The highest BCUT2D eigenvalue weighted by atomic mass is 19.4. The van der Waals surface area contributed by atoms with Crippen molar-refractivity contribution in [2.75, 3.05) is 18.6 Å². The SMILES string of the molecule is CCOc1ccccc1N(C)c1nc(OC(C)(C)C)ncc1C(F)(F)F. The Morgan fingerprint density at radius 2 is 1.77 bits per heavy atom. The largest absolute Gasteiger partial charge is 0.492 e. The minimum absolute atomic E-state index is 0.124. The predicted molar refractivity (Wildman–Crippen MR) is 93.1 cm³/mol. The summed E-state index contributed by atoms with van der Waals surface area (Å²) in [4.78, 5) is 9.06. The van der Waals surface area contributed by atoms with E-state index in [9.17, 15) is 13.2 Å². The molecule has 1 heterocycles. The summed E-state index contributed by atoms with van der Waals surface area (Å²) in [5, 5.41) is 0. The molecule has 8 heteroatoms. The smallest absolute Gasteiger partial charge is 0.421 e. The fourth-order valence-electron chi connectivity index (χ4n) is 2.26. The van der Waals surface area contributed by atoms with Crippen molar-refractivity contribution >= 4 is 11.5 Å². The van der Waals surface area contributed by atoms with E-state index in [0.29, 0.717) is 18.0 Å². The quantitative estimate of drug-likeness (QED) is 0.755. The number of anilines is 2. The van der Waals surface area contributed by atoms with Crippen LogP contribution in [0.2, 0.25) is 0 Å². The van der Waals surface area contributed by atoms with E-state index in [1.165, 1.54) is 11.9 Å². The first-order valence-corrected chi connectivity index (χ1v) is 8.11. The van der Waals surface area contributed by atoms with Crippen molar-refractivity contribution in [1.82, 2.24) is 9.97 Å². The van der Waals surface area contributed by atoms with Crippen LogP contribution in [0.1, 0.15) is 33.3 Å². The van der Waals surface area contributed by atoms with Gasteiger partial charge in [-0.25, -0.2) is 4.98 Å². The van der Waals surface area contributed by atoms with E-state index in [2.05, 4.69) is 9.97 Å². The Morgan fingerprint density at radius 1 is 1.12 bits per heavy atom. The van der Waals surface area contributed by atoms with Crippen LogP contribution in [0.15, 0.2) is 30.5 Å². The molecule has 0 aliphatic carbocycles. The summed E-state index contributed by atoms with van der Waals surface area (Å²) < 4.78 is 51.4. The van der Waals surface area contributed by atoms with Gasteiger partial charge in [0.05, 0.1) is 12.3 Å². The Kier molecular flexibility index (Phi) is 5.63. The van der Waals surface area contributed by atoms with Gasteiger partial charge in [0.25, 0.3) is 0 Å². The normalized spacial score (nSPS) is 12.0. The van der Waals surface area contributed by atoms with Crippen LogP contribution in [0, 0.1) is 0 Å². The lowest BCUT2D eigenvalue weighted by molar-refractivity contribution is -0.137. The summed E-state index contributed by atoms with van der Waals surface area (Å²) >= 11 is 0. The number of hydrogen-bond acceptors (Lipinski definition) is 5. The molecule has 0 spiro atoms. The maximum Gasteiger partial charge on any atom is 0.421 e. The molecular formula is C18H22F3N3O2. The van der Waals surface area contributed by atoms with Gasteiger partial charge in [-0.3, -0.25) is 0 Å². The van der Waals surface area contributed by atoms with Crippen LogP contribution in [0.4, 0.5) is 24.7 Å². The van der Waals surface area contributed by atoms with Crippen LogP contribution in [0.5, 0.6) is 11.8 Å². The third-order valence-electron chi connectivity index (χ3n) is 3.29. The lowest BCUT2D eigenvalue weighted by Gasteiger charge is -2.25. The Bertz CT molecular complexity index is 758. The highest BCUT2D eigenvalue weighted by molar-refractivity contribution is 5.68. The third-order valence-corrected chi connectivity index (χ3v) is 3.29. The molecule has 0 amide bonds. The van der Waals surface area contributed by atoms with Gasteiger partial charge in [0.1, 0.15) is 16.9 Å². The summed E-state index contributed by atoms with van der Waals surface area (Å²) in [5.41, 5.74) is -1.13. The fourth-order valence-corrected chi connectivity index (χ4v) is 2.26. The molecule has 0 saturated carbocycles. The molecule has 0 atom stereocenters. The molecule has 26 heavy (non-hydrogen) atoms. The number of alkyl halides is 3. The standard InChI is InChI=1S/C18H22F3N3O2/c1-6-25-14-10-8-7-9-13(14)24(5)15-12(18(19,20)21)11-22-16(23-15)26-17(2,3)4/h7-11H,6H2,1-5H3. The number of hydrogen-bond donors (Lipinski definition) is 0. The molecule has 0 radical (unpaired) electrons. The van der Waals surface area contributed by atoms with Crippen LogP contribution < -0.4 is 14.4 Å². The summed E-state index contributed by atoms with van der Waals surface area (Å²) in [6, 6.07) is 6.70. The summed E-state index contributed by atoms with van der Waals surface area (Å²) in [6.07, 6.45) is -3.87. The fraction of sp³-hybridized carbons (Fsp3) is 0.444. The van der Waals surface area contributed by atoms with Crippen molar-refractivity contribution in [3.8, 4) is 11.8 Å². The number of benzene rings is 1. The van der Waals surface area contributed by atoms with E-state index in [4.69, 9.17) is 9.47 Å². The van der Waals surface area contributed by atoms with E-state index in [0.717, 1.165) is 6.20 Å². The van der Waals surface area contributed by atoms with Gasteiger partial charge in [-0.2, -0.15) is 18.2 Å². The lowest BCUT2D eigenvalue weighted by Crippen LogP contribution is -2.26. The molecule has 1 aromatic heterocycles. The third kappa shape index (κ3) is 4.77. The molecular weight excluding hydrogens is 347 g/mol. The van der Waals surface area contributed by atoms with Gasteiger partial charge in [0.2, 0.25) is 0 Å². The average molecular weight is 369 g/mol. The molecule has 0 fully saturated rings. The molecule has 142 valence electrons. The minimum atomic E-state index is -4.61. The molecule has 0 bridgehead atoms. The van der Waals surface area contributed by atoms with Crippen molar-refractivity contribution in [1.29, 1.82) is 0 Å². The zero-order valence-electron chi connectivity index (χ0n) is 15.4. The number of para-hydroxylation sites is 2. The van der Waals surface area contributed by atoms with Crippen LogP contribution in [0.25, 0.3) is 0 Å². The number of halogens is 3. The van der Waals surface area contributed by atoms with Gasteiger partial charge >= 0.3 is 12.2 Å². The van der Waals surface area contributed by atoms with Crippen molar-refractivity contribution in [2.24, 2.45) is 0 Å². The Morgan fingerprint density at radius 3 is 2.35 bits per heavy atom. The first-order chi connectivity index (χ1) is 12.0. The lowest BCUT2D eigenvalue weighted by atomic mass is 10.2. The monoisotopic (exact) mass is 369 g/mol. The molecule has 0 aliphatic rings. The molecule has 5 nitrogen and oxygen atoms in total. The Labute approximate surface area is 150 Å². The Balaban J connectivity index is 2.56. The average Bonchev–Trinajstić information content (AvgIpc) is 2.52. The highest BCUT2D eigenvalue weighted by Crippen LogP contribution is 2.40. The zero-order chi connectivity index (χ0) is 19.5. The number of nitrogens with zero attached hydrogens (tertiary/aromatic N) is 3. The van der Waals surface area contributed by atoms with Gasteiger partial charge in [-0.05, 0) is 39.8 Å². The van der Waals surface area contributed by atoms with E-state index < -0.39 is 17.3 Å². The number of aromatic nitrogens is 2. The first-order valence-electron chi connectivity index (χ1n) is 8.11. The molecule has 0 N–H and O–H groups in total. The summed E-state index contributed by atoms with van der Waals surface area (Å²) in [5.74, 6) is 0.154. The van der Waals surface area contributed by atoms with Gasteiger partial charge in [0.15, 0.2) is 5.82 Å². The van der Waals surface area contributed by atoms with Crippen LogP contribution in [0.3, 0.4) is 0 Å². The maximum absolute atomic E-state index is 13.5. The van der Waals surface area contributed by atoms with Gasteiger partial charge in [-0.15, -0.1) is 0 Å². The molecule has 2 aromatic rings. The molecule has 1 aromatic carbocycles. The summed E-state index contributed by atoms with van der Waals surface area (Å²) in [7, 11) is 1.50. The first kappa shape index (κ1) is 19.8.